The smallest absolute Gasteiger partial charge is 0.209 e. The zero-order chi connectivity index (χ0) is 22.9. The summed E-state index contributed by atoms with van der Waals surface area (Å²) in [6.45, 7) is 7.23. The van der Waals surface area contributed by atoms with Crippen molar-refractivity contribution < 1.29 is 13.2 Å². The molecule has 3 aromatic rings. The Balaban J connectivity index is 1.55. The van der Waals surface area contributed by atoms with Crippen LogP contribution in [0.5, 0.6) is 5.75 Å². The van der Waals surface area contributed by atoms with Crippen molar-refractivity contribution in [3.8, 4) is 5.75 Å². The highest BCUT2D eigenvalue weighted by atomic mass is 32.2. The van der Waals surface area contributed by atoms with Gasteiger partial charge in [-0.1, -0.05) is 44.2 Å². The maximum absolute atomic E-state index is 11.9. The Morgan fingerprint density at radius 3 is 2.50 bits per heavy atom. The number of methoxy groups -OCH3 is 1. The highest BCUT2D eigenvalue weighted by molar-refractivity contribution is 7.88. The highest BCUT2D eigenvalue weighted by Crippen LogP contribution is 2.29. The van der Waals surface area contributed by atoms with E-state index < -0.39 is 16.1 Å². The second-order valence-electron chi connectivity index (χ2n) is 8.74. The average Bonchev–Trinajstić information content (AvgIpc) is 3.05. The van der Waals surface area contributed by atoms with Gasteiger partial charge in [-0.3, -0.25) is 4.90 Å². The molecule has 4 rings (SSSR count). The molecule has 1 aliphatic rings. The number of hydrogen-bond acceptors (Lipinski definition) is 6. The fourth-order valence-electron chi connectivity index (χ4n) is 4.39. The number of fused-ring (bicyclic) bond motifs is 2. The number of hydrogen-bond donors (Lipinski definition) is 1. The molecule has 32 heavy (non-hydrogen) atoms. The van der Waals surface area contributed by atoms with Crippen LogP contribution in [0.15, 0.2) is 36.4 Å². The van der Waals surface area contributed by atoms with Crippen molar-refractivity contribution in [3.63, 3.8) is 0 Å². The van der Waals surface area contributed by atoms with Gasteiger partial charge in [0.25, 0.3) is 0 Å². The topological polar surface area (TPSA) is 89.3 Å². The fraction of sp³-hybridized carbons (Fsp3) is 0.478. The molecule has 0 bridgehead atoms. The van der Waals surface area contributed by atoms with Crippen LogP contribution in [0.4, 0.5) is 0 Å². The van der Waals surface area contributed by atoms with E-state index in [4.69, 9.17) is 4.74 Å². The monoisotopic (exact) mass is 457 g/mol. The molecule has 2 aromatic carbocycles. The van der Waals surface area contributed by atoms with Gasteiger partial charge >= 0.3 is 0 Å². The highest BCUT2D eigenvalue weighted by Gasteiger charge is 2.28. The average molecular weight is 458 g/mol. The summed E-state index contributed by atoms with van der Waals surface area (Å²) in [6, 6.07) is 12.1. The third kappa shape index (κ3) is 4.79. The summed E-state index contributed by atoms with van der Waals surface area (Å²) in [4.78, 5) is 2.42. The summed E-state index contributed by atoms with van der Waals surface area (Å²) in [7, 11) is -1.66. The molecule has 0 spiro atoms. The largest absolute Gasteiger partial charge is 0.496 e. The molecule has 172 valence electrons. The summed E-state index contributed by atoms with van der Waals surface area (Å²) in [5.74, 6) is 2.54. The van der Waals surface area contributed by atoms with Gasteiger partial charge in [0.2, 0.25) is 10.0 Å². The summed E-state index contributed by atoms with van der Waals surface area (Å²) < 4.78 is 34.2. The molecule has 9 heteroatoms. The minimum atomic E-state index is -3.36. The van der Waals surface area contributed by atoms with Crippen LogP contribution in [0, 0.1) is 5.92 Å². The van der Waals surface area contributed by atoms with Crippen molar-refractivity contribution in [2.75, 3.05) is 26.5 Å². The Bertz CT molecular complexity index is 1210. The second kappa shape index (κ2) is 9.17. The lowest BCUT2D eigenvalue weighted by atomic mass is 10.0. The van der Waals surface area contributed by atoms with Gasteiger partial charge in [-0.15, -0.1) is 10.2 Å². The minimum Gasteiger partial charge on any atom is -0.496 e. The van der Waals surface area contributed by atoms with E-state index >= 15 is 0 Å². The number of ether oxygens (including phenoxy) is 1. The zero-order valence-corrected chi connectivity index (χ0v) is 19.9. The first-order valence-corrected chi connectivity index (χ1v) is 12.8. The van der Waals surface area contributed by atoms with Gasteiger partial charge in [0.15, 0.2) is 5.82 Å². The third-order valence-corrected chi connectivity index (χ3v) is 6.70. The molecule has 1 atom stereocenters. The van der Waals surface area contributed by atoms with Crippen molar-refractivity contribution >= 4 is 20.8 Å². The van der Waals surface area contributed by atoms with Gasteiger partial charge in [-0.05, 0) is 22.9 Å². The lowest BCUT2D eigenvalue weighted by Crippen LogP contribution is -2.33. The standard InChI is InChI=1S/C23H31N5O3S/c1-16(2)22(26-32(4,29)30)23-25-24-21-11-12-27(13-14-28(21)23)15-17-9-10-20(31-3)19-8-6-5-7-18(17)19/h5-10,16,22,26H,11-15H2,1-4H3/t22-/m1/s1. The quantitative estimate of drug-likeness (QED) is 0.587. The Morgan fingerprint density at radius 1 is 1.06 bits per heavy atom. The predicted octanol–water partition coefficient (Wildman–Crippen LogP) is 2.74. The number of benzene rings is 2. The molecule has 8 nitrogen and oxygen atoms in total. The molecule has 0 unspecified atom stereocenters. The number of nitrogens with one attached hydrogen (secondary N) is 1. The molecule has 0 saturated heterocycles. The predicted molar refractivity (Wildman–Crippen MR) is 125 cm³/mol. The maximum atomic E-state index is 11.9. The molecular formula is C23H31N5O3S. The van der Waals surface area contributed by atoms with Crippen molar-refractivity contribution in [2.45, 2.75) is 39.4 Å². The summed E-state index contributed by atoms with van der Waals surface area (Å²) in [5.41, 5.74) is 1.26. The minimum absolute atomic E-state index is 0.0584. The van der Waals surface area contributed by atoms with E-state index in [9.17, 15) is 8.42 Å². The van der Waals surface area contributed by atoms with Gasteiger partial charge < -0.3 is 9.30 Å². The van der Waals surface area contributed by atoms with Crippen molar-refractivity contribution in [1.82, 2.24) is 24.4 Å². The van der Waals surface area contributed by atoms with E-state index in [-0.39, 0.29) is 5.92 Å². The second-order valence-corrected chi connectivity index (χ2v) is 10.5. The van der Waals surface area contributed by atoms with E-state index in [2.05, 4.69) is 48.7 Å². The molecule has 0 aliphatic carbocycles. The lowest BCUT2D eigenvalue weighted by molar-refractivity contribution is 0.269. The Labute approximate surface area is 189 Å². The molecule has 1 aliphatic heterocycles. The van der Waals surface area contributed by atoms with Crippen LogP contribution in [0.2, 0.25) is 0 Å². The van der Waals surface area contributed by atoms with Crippen molar-refractivity contribution in [2.24, 2.45) is 5.92 Å². The van der Waals surface area contributed by atoms with Gasteiger partial charge in [-0.2, -0.15) is 0 Å². The number of sulfonamides is 1. The summed E-state index contributed by atoms with van der Waals surface area (Å²) in [6.07, 6.45) is 1.95. The van der Waals surface area contributed by atoms with E-state index in [1.54, 1.807) is 7.11 Å². The van der Waals surface area contributed by atoms with Crippen LogP contribution in [0.3, 0.4) is 0 Å². The first-order valence-electron chi connectivity index (χ1n) is 10.9. The molecule has 1 N–H and O–H groups in total. The normalized spacial score (nSPS) is 16.2. The number of rotatable bonds is 7. The van der Waals surface area contributed by atoms with E-state index in [1.807, 2.05) is 26.0 Å². The SMILES string of the molecule is COc1ccc(CN2CCc3nnc([C@H](NS(C)(=O)=O)C(C)C)n3CC2)c2ccccc12. The van der Waals surface area contributed by atoms with Crippen LogP contribution < -0.4 is 9.46 Å². The maximum Gasteiger partial charge on any atom is 0.209 e. The number of aromatic nitrogens is 3. The molecule has 1 aromatic heterocycles. The number of nitrogens with zero attached hydrogens (tertiary/aromatic N) is 4. The molecule has 0 saturated carbocycles. The van der Waals surface area contributed by atoms with E-state index in [0.29, 0.717) is 5.82 Å². The Morgan fingerprint density at radius 2 is 1.81 bits per heavy atom. The molecule has 0 radical (unpaired) electrons. The van der Waals surface area contributed by atoms with Crippen molar-refractivity contribution in [3.05, 3.63) is 53.6 Å². The summed E-state index contributed by atoms with van der Waals surface area (Å²) in [5, 5.41) is 11.1. The summed E-state index contributed by atoms with van der Waals surface area (Å²) >= 11 is 0. The van der Waals surface area contributed by atoms with Crippen LogP contribution in [-0.4, -0.2) is 54.5 Å². The van der Waals surface area contributed by atoms with Gasteiger partial charge in [-0.25, -0.2) is 13.1 Å². The first kappa shape index (κ1) is 22.7. The van der Waals surface area contributed by atoms with Crippen LogP contribution in [0.25, 0.3) is 10.8 Å². The van der Waals surface area contributed by atoms with Crippen LogP contribution in [0.1, 0.15) is 37.1 Å². The van der Waals surface area contributed by atoms with E-state index in [1.165, 1.54) is 17.2 Å². The zero-order valence-electron chi connectivity index (χ0n) is 19.1. The molecule has 2 heterocycles. The Kier molecular flexibility index (Phi) is 6.50. The lowest BCUT2D eigenvalue weighted by Gasteiger charge is -2.23. The van der Waals surface area contributed by atoms with Crippen molar-refractivity contribution in [1.29, 1.82) is 0 Å². The first-order chi connectivity index (χ1) is 15.3. The van der Waals surface area contributed by atoms with Gasteiger partial charge in [0.1, 0.15) is 11.6 Å². The Hall–Kier alpha value is -2.49. The van der Waals surface area contributed by atoms with Gasteiger partial charge in [0.05, 0.1) is 19.4 Å². The van der Waals surface area contributed by atoms with Gasteiger partial charge in [0, 0.05) is 38.0 Å². The van der Waals surface area contributed by atoms with Crippen LogP contribution in [-0.2, 0) is 29.5 Å². The fourth-order valence-corrected chi connectivity index (χ4v) is 5.22. The molecular weight excluding hydrogens is 426 g/mol. The third-order valence-electron chi connectivity index (χ3n) is 6.02. The van der Waals surface area contributed by atoms with Crippen LogP contribution >= 0.6 is 0 Å². The molecule has 0 fully saturated rings. The van der Waals surface area contributed by atoms with E-state index in [0.717, 1.165) is 49.6 Å². The molecule has 0 amide bonds.